The van der Waals surface area contributed by atoms with Crippen LogP contribution in [0.3, 0.4) is 0 Å². The van der Waals surface area contributed by atoms with Crippen LogP contribution in [-0.2, 0) is 4.79 Å². The van der Waals surface area contributed by atoms with Crippen LogP contribution in [0.2, 0.25) is 30.1 Å². The highest BCUT2D eigenvalue weighted by molar-refractivity contribution is 6.37. The fourth-order valence-electron chi connectivity index (χ4n) is 9.89. The molecule has 378 valence electrons. The second-order valence-corrected chi connectivity index (χ2v) is 24.5. The summed E-state index contributed by atoms with van der Waals surface area (Å²) in [7, 11) is 0. The van der Waals surface area contributed by atoms with Crippen molar-refractivity contribution in [2.45, 2.75) is 92.2 Å². The summed E-state index contributed by atoms with van der Waals surface area (Å²) < 4.78 is 0. The van der Waals surface area contributed by atoms with Crippen molar-refractivity contribution in [2.75, 3.05) is 94.9 Å². The number of aldehydes is 1. The van der Waals surface area contributed by atoms with Crippen LogP contribution in [-0.4, -0.2) is 106 Å². The first kappa shape index (κ1) is 56.0. The quantitative estimate of drug-likeness (QED) is 0.150. The highest BCUT2D eigenvalue weighted by Crippen LogP contribution is 2.39. The van der Waals surface area contributed by atoms with Crippen LogP contribution in [0, 0.1) is 22.7 Å². The molecule has 4 aromatic carbocycles. The molecular weight excluding hydrogens is 985 g/mol. The maximum atomic E-state index is 9.82. The number of hydrogen-bond acceptors (Lipinski definition) is 7. The lowest BCUT2D eigenvalue weighted by Gasteiger charge is -2.45. The fraction of sp³-hybridized carbons (Fsp3) is 0.554. The van der Waals surface area contributed by atoms with Crippen molar-refractivity contribution in [3.05, 3.63) is 126 Å². The van der Waals surface area contributed by atoms with Gasteiger partial charge in [0, 0.05) is 78.9 Å². The summed E-state index contributed by atoms with van der Waals surface area (Å²) in [5, 5.41) is 7.76. The molecule has 1 N–H and O–H groups in total. The molecule has 0 radical (unpaired) electrons. The molecule has 8 rings (SSSR count). The van der Waals surface area contributed by atoms with Crippen LogP contribution in [0.1, 0.15) is 103 Å². The van der Waals surface area contributed by atoms with Crippen LogP contribution in [0.25, 0.3) is 0 Å². The lowest BCUT2D eigenvalue weighted by Crippen LogP contribution is -2.50. The summed E-state index contributed by atoms with van der Waals surface area (Å²) >= 11 is 37.8. The second-order valence-electron chi connectivity index (χ2n) is 22.0. The Kier molecular flexibility index (Phi) is 21.6. The van der Waals surface area contributed by atoms with Crippen molar-refractivity contribution in [1.29, 1.82) is 0 Å². The average Bonchev–Trinajstić information content (AvgIpc) is 3.30. The fourth-order valence-corrected chi connectivity index (χ4v) is 11.2. The lowest BCUT2D eigenvalue weighted by molar-refractivity contribution is -0.109. The predicted molar refractivity (Wildman–Crippen MR) is 298 cm³/mol. The lowest BCUT2D eigenvalue weighted by atomic mass is 9.90. The van der Waals surface area contributed by atoms with Gasteiger partial charge in [0.15, 0.2) is 0 Å². The van der Waals surface area contributed by atoms with E-state index < -0.39 is 0 Å². The van der Waals surface area contributed by atoms with E-state index in [-0.39, 0.29) is 17.5 Å². The van der Waals surface area contributed by atoms with Crippen molar-refractivity contribution in [3.8, 4) is 0 Å². The van der Waals surface area contributed by atoms with E-state index in [1.807, 2.05) is 75.4 Å². The van der Waals surface area contributed by atoms with E-state index >= 15 is 0 Å². The summed E-state index contributed by atoms with van der Waals surface area (Å²) in [5.74, 6) is 1.57. The van der Waals surface area contributed by atoms with Gasteiger partial charge in [-0.15, -0.1) is 0 Å². The van der Waals surface area contributed by atoms with Crippen LogP contribution in [0.4, 0.5) is 11.4 Å². The number of carbonyl (C=O) groups excluding carboxylic acids is 1. The maximum absolute atomic E-state index is 9.82. The molecule has 0 aromatic heterocycles. The minimum atomic E-state index is 0.182. The molecule has 2 atom stereocenters. The standard InChI is InChI=1S/C28H38Cl3N3.C22H26Cl3N3.C6H12O/c1-28(2,3)12-15-32-13-10-21(11-14-32)19-33-16-17-34(26-9-8-24(30)18-25(26)31)27(20-33)22-4-6-23(29)7-5-22;23-18-3-1-17(2-4-18)22-15-27(14-16-7-9-26-10-8-16)11-12-28(22)21-6-5-19(24)13-20(21)25;1-6(2,3)4-5-7/h4-9,18,21,27H,10-17,19-20H2,1-3H3;1-6,13,16,22,26H,7-12,14-15H2;5H,4H2,1-3H3/t27-;22-;/m00./s1. The Morgan fingerprint density at radius 2 is 0.942 bits per heavy atom. The van der Waals surface area contributed by atoms with Gasteiger partial charge in [0.25, 0.3) is 0 Å². The van der Waals surface area contributed by atoms with Gasteiger partial charge in [-0.3, -0.25) is 9.80 Å². The van der Waals surface area contributed by atoms with Gasteiger partial charge in [-0.05, 0) is 159 Å². The normalized spacial score (nSPS) is 20.5. The first-order chi connectivity index (χ1) is 32.8. The van der Waals surface area contributed by atoms with Gasteiger partial charge in [0.1, 0.15) is 6.29 Å². The van der Waals surface area contributed by atoms with Gasteiger partial charge in [-0.1, -0.05) is 135 Å². The molecule has 4 aromatic rings. The maximum Gasteiger partial charge on any atom is 0.120 e. The topological polar surface area (TPSA) is 45.3 Å². The molecule has 0 saturated carbocycles. The largest absolute Gasteiger partial charge is 0.361 e. The molecule has 4 fully saturated rings. The number of carbonyl (C=O) groups is 1. The summed E-state index contributed by atoms with van der Waals surface area (Å²) in [4.78, 5) is 22.6. The summed E-state index contributed by atoms with van der Waals surface area (Å²) in [6.45, 7) is 27.5. The third-order valence-corrected chi connectivity index (χ3v) is 15.5. The second kappa shape index (κ2) is 26.6. The number of nitrogens with one attached hydrogen (secondary N) is 1. The van der Waals surface area contributed by atoms with E-state index in [2.05, 4.69) is 80.9 Å². The predicted octanol–water partition coefficient (Wildman–Crippen LogP) is 14.8. The molecule has 0 aliphatic carbocycles. The Balaban J connectivity index is 0.000000202. The van der Waals surface area contributed by atoms with Gasteiger partial charge in [-0.2, -0.15) is 0 Å². The number of anilines is 2. The van der Waals surface area contributed by atoms with E-state index in [0.717, 1.165) is 91.9 Å². The first-order valence-electron chi connectivity index (χ1n) is 25.1. The summed E-state index contributed by atoms with van der Waals surface area (Å²) in [6.07, 6.45) is 8.05. The molecule has 0 amide bonds. The Morgan fingerprint density at radius 3 is 1.32 bits per heavy atom. The van der Waals surface area contributed by atoms with Gasteiger partial charge in [-0.25, -0.2) is 0 Å². The van der Waals surface area contributed by atoms with E-state index in [1.165, 1.54) is 76.0 Å². The third kappa shape index (κ3) is 18.0. The molecule has 4 saturated heterocycles. The summed E-state index contributed by atoms with van der Waals surface area (Å²) in [5.41, 5.74) is 5.25. The average molecular weight is 1060 g/mol. The van der Waals surface area contributed by atoms with Gasteiger partial charge >= 0.3 is 0 Å². The Hall–Kier alpha value is -2.27. The smallest absolute Gasteiger partial charge is 0.120 e. The van der Waals surface area contributed by atoms with Crippen molar-refractivity contribution in [3.63, 3.8) is 0 Å². The minimum absolute atomic E-state index is 0.182. The minimum Gasteiger partial charge on any atom is -0.361 e. The van der Waals surface area contributed by atoms with E-state index in [1.54, 1.807) is 0 Å². The molecule has 69 heavy (non-hydrogen) atoms. The highest BCUT2D eigenvalue weighted by atomic mass is 35.5. The molecule has 13 heteroatoms. The molecule has 0 unspecified atom stereocenters. The van der Waals surface area contributed by atoms with Crippen molar-refractivity contribution >= 4 is 87.3 Å². The summed E-state index contributed by atoms with van der Waals surface area (Å²) in [6, 6.07) is 28.6. The number of benzene rings is 4. The Labute approximate surface area is 445 Å². The van der Waals surface area contributed by atoms with Gasteiger partial charge in [0.05, 0.1) is 33.5 Å². The number of nitrogens with zero attached hydrogens (tertiary/aromatic N) is 5. The van der Waals surface area contributed by atoms with E-state index in [4.69, 9.17) is 69.6 Å². The monoisotopic (exact) mass is 1060 g/mol. The van der Waals surface area contributed by atoms with Gasteiger partial charge in [0.2, 0.25) is 0 Å². The third-order valence-electron chi connectivity index (χ3n) is 13.9. The number of halogens is 6. The number of likely N-dealkylation sites (tertiary alicyclic amines) is 1. The number of piperidine rings is 2. The molecule has 4 heterocycles. The van der Waals surface area contributed by atoms with Crippen LogP contribution in [0.5, 0.6) is 0 Å². The Morgan fingerprint density at radius 1 is 0.522 bits per heavy atom. The van der Waals surface area contributed by atoms with Crippen molar-refractivity contribution in [2.24, 2.45) is 22.7 Å². The first-order valence-corrected chi connectivity index (χ1v) is 27.4. The van der Waals surface area contributed by atoms with E-state index in [9.17, 15) is 4.79 Å². The highest BCUT2D eigenvalue weighted by Gasteiger charge is 2.33. The molecular formula is C56H76Cl6N6O. The SMILES string of the molecule is CC(C)(C)CC=O.CC(C)(C)CCN1CCC(CN2CCN(c3ccc(Cl)cc3Cl)[C@H](c3ccc(Cl)cc3)C2)CC1.Clc1ccc([C@@H]2CN(CC3CCNCC3)CCN2c2ccc(Cl)cc2Cl)cc1. The molecule has 4 aliphatic rings. The zero-order valence-corrected chi connectivity index (χ0v) is 46.4. The van der Waals surface area contributed by atoms with Crippen LogP contribution < -0.4 is 15.1 Å². The van der Waals surface area contributed by atoms with E-state index in [0.29, 0.717) is 31.9 Å². The number of piperazine rings is 2. The Bertz CT molecular complexity index is 2180. The molecule has 7 nitrogen and oxygen atoms in total. The molecule has 4 aliphatic heterocycles. The zero-order valence-electron chi connectivity index (χ0n) is 41.8. The number of rotatable bonds is 11. The van der Waals surface area contributed by atoms with Crippen LogP contribution in [0.15, 0.2) is 84.9 Å². The molecule has 0 bridgehead atoms. The zero-order chi connectivity index (χ0) is 49.7. The van der Waals surface area contributed by atoms with Crippen molar-refractivity contribution in [1.82, 2.24) is 20.0 Å². The number of hydrogen-bond donors (Lipinski definition) is 1. The molecule has 0 spiro atoms. The van der Waals surface area contributed by atoms with Crippen LogP contribution >= 0.6 is 69.6 Å². The van der Waals surface area contributed by atoms with Crippen molar-refractivity contribution < 1.29 is 4.79 Å². The van der Waals surface area contributed by atoms with Gasteiger partial charge < -0.3 is 24.8 Å².